The van der Waals surface area contributed by atoms with Crippen molar-refractivity contribution in [1.29, 1.82) is 0 Å². The number of aliphatic hydroxyl groups is 1. The molecule has 0 saturated carbocycles. The Bertz CT molecular complexity index is 305. The summed E-state index contributed by atoms with van der Waals surface area (Å²) in [5.41, 5.74) is 0.474. The van der Waals surface area contributed by atoms with Gasteiger partial charge < -0.3 is 5.11 Å². The van der Waals surface area contributed by atoms with E-state index in [4.69, 9.17) is 5.11 Å². The average molecular weight is 199 g/mol. The van der Waals surface area contributed by atoms with Gasteiger partial charge in [-0.25, -0.2) is 0 Å². The zero-order valence-corrected chi connectivity index (χ0v) is 7.60. The smallest absolute Gasteiger partial charge is 0.284 e. The summed E-state index contributed by atoms with van der Waals surface area (Å²) in [4.78, 5) is 10.8. The molecular weight excluding hydrogens is 194 g/mol. The summed E-state index contributed by atoms with van der Waals surface area (Å²) >= 11 is 8.05. The first kappa shape index (κ1) is 9.15. The Labute approximate surface area is 80.1 Å². The molecule has 0 aliphatic carbocycles. The molecule has 1 radical (unpaired) electrons. The van der Waals surface area contributed by atoms with Crippen molar-refractivity contribution in [3.05, 3.63) is 34.7 Å². The molecule has 0 amide bonds. The molecule has 0 bridgehead atoms. The third kappa shape index (κ3) is 1.80. The highest BCUT2D eigenvalue weighted by Crippen LogP contribution is 2.19. The molecule has 0 aromatic heterocycles. The van der Waals surface area contributed by atoms with Crippen LogP contribution in [0.5, 0.6) is 0 Å². The van der Waals surface area contributed by atoms with E-state index < -0.39 is 0 Å². The van der Waals surface area contributed by atoms with Gasteiger partial charge in [-0.3, -0.25) is 0 Å². The van der Waals surface area contributed by atoms with Crippen molar-refractivity contribution in [2.75, 3.05) is 0 Å². The SMILES string of the molecule is O=[N+](S)c1cc[c]cc1C(O)=S. The molecule has 0 aliphatic rings. The van der Waals surface area contributed by atoms with Crippen LogP contribution in [0.2, 0.25) is 0 Å². The molecule has 0 spiro atoms. The van der Waals surface area contributed by atoms with Gasteiger partial charge in [0.05, 0.1) is 0 Å². The van der Waals surface area contributed by atoms with Crippen molar-refractivity contribution in [1.82, 2.24) is 0 Å². The average Bonchev–Trinajstić information content (AvgIpc) is 2.04. The van der Waals surface area contributed by atoms with E-state index in [1.807, 2.05) is 0 Å². The lowest BCUT2D eigenvalue weighted by Crippen LogP contribution is -1.98. The van der Waals surface area contributed by atoms with E-state index in [-0.39, 0.29) is 16.3 Å². The summed E-state index contributed by atoms with van der Waals surface area (Å²) in [6, 6.07) is 7.13. The standard InChI is InChI=1S/C7H4NO2S2/c9-7(11)5-3-1-2-4-6(5)8(10)12/h2-4H,(H-,9,10,11,12)/p+1. The number of aliphatic hydroxyl groups excluding tert-OH is 1. The minimum absolute atomic E-state index is 0.213. The number of thiol groups is 1. The van der Waals surface area contributed by atoms with Crippen LogP contribution in [0.1, 0.15) is 5.56 Å². The Kier molecular flexibility index (Phi) is 2.78. The van der Waals surface area contributed by atoms with Crippen LogP contribution in [0, 0.1) is 11.0 Å². The molecule has 61 valence electrons. The van der Waals surface area contributed by atoms with Gasteiger partial charge in [0, 0.05) is 11.0 Å². The van der Waals surface area contributed by atoms with Gasteiger partial charge >= 0.3 is 0 Å². The van der Waals surface area contributed by atoms with E-state index in [0.717, 1.165) is 0 Å². The highest BCUT2D eigenvalue weighted by atomic mass is 32.1. The fraction of sp³-hybridized carbons (Fsp3) is 0. The van der Waals surface area contributed by atoms with Crippen molar-refractivity contribution in [2.45, 2.75) is 0 Å². The van der Waals surface area contributed by atoms with Crippen LogP contribution < -0.4 is 0 Å². The van der Waals surface area contributed by atoms with Crippen LogP contribution >= 0.6 is 25.0 Å². The fourth-order valence-electron chi connectivity index (χ4n) is 0.760. The largest absolute Gasteiger partial charge is 0.498 e. The molecule has 0 atom stereocenters. The molecule has 0 aliphatic heterocycles. The number of rotatable bonds is 2. The van der Waals surface area contributed by atoms with Crippen LogP contribution in [0.3, 0.4) is 0 Å². The lowest BCUT2D eigenvalue weighted by atomic mass is 10.2. The topological polar surface area (TPSA) is 40.3 Å². The Hall–Kier alpha value is -0.940. The number of thiocarbonyl (C=S) groups is 1. The zero-order valence-electron chi connectivity index (χ0n) is 5.89. The second kappa shape index (κ2) is 3.64. The number of benzene rings is 1. The zero-order chi connectivity index (χ0) is 9.14. The summed E-state index contributed by atoms with van der Waals surface area (Å²) in [6.07, 6.45) is 0. The Morgan fingerprint density at radius 3 is 2.83 bits per heavy atom. The number of hydrogen-bond donors (Lipinski definition) is 2. The van der Waals surface area contributed by atoms with Crippen LogP contribution in [0.4, 0.5) is 5.69 Å². The molecule has 1 rings (SSSR count). The predicted octanol–water partition coefficient (Wildman–Crippen LogP) is 1.98. The molecule has 0 fully saturated rings. The van der Waals surface area contributed by atoms with E-state index in [1.54, 1.807) is 0 Å². The second-order valence-electron chi connectivity index (χ2n) is 2.02. The maximum atomic E-state index is 10.8. The lowest BCUT2D eigenvalue weighted by molar-refractivity contribution is -0.259. The molecule has 1 aromatic carbocycles. The summed E-state index contributed by atoms with van der Waals surface area (Å²) in [5.74, 6) is 0. The maximum Gasteiger partial charge on any atom is 0.284 e. The third-order valence-corrected chi connectivity index (χ3v) is 1.71. The van der Waals surface area contributed by atoms with E-state index >= 15 is 0 Å². The first-order chi connectivity index (χ1) is 5.63. The predicted molar refractivity (Wildman–Crippen MR) is 51.9 cm³/mol. The Morgan fingerprint density at radius 2 is 2.42 bits per heavy atom. The fourth-order valence-corrected chi connectivity index (χ4v) is 1.10. The minimum atomic E-state index is -0.336. The first-order valence-electron chi connectivity index (χ1n) is 3.02. The highest BCUT2D eigenvalue weighted by molar-refractivity contribution is 7.80. The summed E-state index contributed by atoms with van der Waals surface area (Å²) in [7, 11) is 0. The molecule has 0 heterocycles. The summed E-state index contributed by atoms with van der Waals surface area (Å²) in [6.45, 7) is 0. The van der Waals surface area contributed by atoms with Crippen LogP contribution in [-0.2, 0) is 0 Å². The van der Waals surface area contributed by atoms with Gasteiger partial charge in [0.2, 0.25) is 12.8 Å². The van der Waals surface area contributed by atoms with Crippen molar-refractivity contribution in [3.8, 4) is 0 Å². The Morgan fingerprint density at radius 1 is 1.75 bits per heavy atom. The van der Waals surface area contributed by atoms with Crippen LogP contribution in [0.15, 0.2) is 18.2 Å². The van der Waals surface area contributed by atoms with Crippen LogP contribution in [0.25, 0.3) is 0 Å². The second-order valence-corrected chi connectivity index (χ2v) is 2.77. The van der Waals surface area contributed by atoms with Crippen molar-refractivity contribution < 1.29 is 9.27 Å². The van der Waals surface area contributed by atoms with E-state index in [2.05, 4.69) is 31.1 Å². The van der Waals surface area contributed by atoms with Crippen molar-refractivity contribution >= 4 is 35.8 Å². The van der Waals surface area contributed by atoms with Gasteiger partial charge in [-0.1, -0.05) is 0 Å². The number of nitrogens with zero attached hydrogens (tertiary/aromatic N) is 1. The van der Waals surface area contributed by atoms with Crippen molar-refractivity contribution in [3.63, 3.8) is 0 Å². The highest BCUT2D eigenvalue weighted by Gasteiger charge is 2.17. The molecular formula is C7H5NO2S2+. The molecule has 1 aromatic rings. The van der Waals surface area contributed by atoms with Gasteiger partial charge in [-0.2, -0.15) is 0 Å². The minimum Gasteiger partial charge on any atom is -0.498 e. The monoisotopic (exact) mass is 199 g/mol. The van der Waals surface area contributed by atoms with Gasteiger partial charge in [0.25, 0.3) is 5.69 Å². The van der Waals surface area contributed by atoms with Crippen molar-refractivity contribution in [2.24, 2.45) is 0 Å². The Balaban J connectivity index is 3.27. The van der Waals surface area contributed by atoms with E-state index in [1.165, 1.54) is 18.2 Å². The molecule has 12 heavy (non-hydrogen) atoms. The number of nitroso groups, excluding NO2 is 1. The number of hydrogen-bond acceptors (Lipinski definition) is 2. The van der Waals surface area contributed by atoms with Crippen LogP contribution in [-0.4, -0.2) is 14.3 Å². The molecule has 0 unspecified atom stereocenters. The van der Waals surface area contributed by atoms with Gasteiger partial charge in [-0.15, -0.1) is 0 Å². The lowest BCUT2D eigenvalue weighted by Gasteiger charge is -1.94. The molecule has 0 saturated heterocycles. The summed E-state index contributed by atoms with van der Waals surface area (Å²) in [5, 5.41) is 8.63. The third-order valence-electron chi connectivity index (χ3n) is 1.28. The van der Waals surface area contributed by atoms with E-state index in [9.17, 15) is 4.91 Å². The molecule has 1 N–H and O–H groups in total. The van der Waals surface area contributed by atoms with Gasteiger partial charge in [-0.05, 0) is 30.4 Å². The van der Waals surface area contributed by atoms with Gasteiger partial charge in [0.1, 0.15) is 9.73 Å². The van der Waals surface area contributed by atoms with Gasteiger partial charge in [0.15, 0.2) is 5.05 Å². The molecule has 5 heteroatoms. The maximum absolute atomic E-state index is 10.8. The molecule has 3 nitrogen and oxygen atoms in total. The van der Waals surface area contributed by atoms with E-state index in [0.29, 0.717) is 4.17 Å². The summed E-state index contributed by atoms with van der Waals surface area (Å²) < 4.78 is 0.339. The quantitative estimate of drug-likeness (QED) is 0.434. The normalized spacial score (nSPS) is 9.42. The first-order valence-corrected chi connectivity index (χ1v) is 3.83.